The van der Waals surface area contributed by atoms with Crippen LogP contribution >= 0.6 is 0 Å². The summed E-state index contributed by atoms with van der Waals surface area (Å²) in [4.78, 5) is 2.67. The Morgan fingerprint density at radius 1 is 1.18 bits per heavy atom. The summed E-state index contributed by atoms with van der Waals surface area (Å²) >= 11 is 0. The lowest BCUT2D eigenvalue weighted by Gasteiger charge is -2.30. The first-order chi connectivity index (χ1) is 10.4. The zero-order valence-electron chi connectivity index (χ0n) is 13.6. The lowest BCUT2D eigenvalue weighted by Crippen LogP contribution is -2.45. The SMILES string of the molecule is COc1ccc(S(=O)(=O)NC[C@H](C(C)C)N2CCCC2)cc1. The Bertz CT molecular complexity index is 564. The highest BCUT2D eigenvalue weighted by molar-refractivity contribution is 7.89. The Labute approximate surface area is 133 Å². The molecule has 5 nitrogen and oxygen atoms in total. The van der Waals surface area contributed by atoms with Gasteiger partial charge in [-0.25, -0.2) is 13.1 Å². The van der Waals surface area contributed by atoms with Crippen molar-refractivity contribution in [1.82, 2.24) is 9.62 Å². The van der Waals surface area contributed by atoms with Crippen molar-refractivity contribution in [3.63, 3.8) is 0 Å². The van der Waals surface area contributed by atoms with Crippen molar-refractivity contribution in [2.45, 2.75) is 37.6 Å². The van der Waals surface area contributed by atoms with Gasteiger partial charge in [0.2, 0.25) is 10.0 Å². The molecular formula is C16H26N2O3S. The largest absolute Gasteiger partial charge is 0.497 e. The maximum Gasteiger partial charge on any atom is 0.240 e. The molecule has 22 heavy (non-hydrogen) atoms. The van der Waals surface area contributed by atoms with E-state index in [1.54, 1.807) is 31.4 Å². The van der Waals surface area contributed by atoms with Crippen molar-refractivity contribution < 1.29 is 13.2 Å². The van der Waals surface area contributed by atoms with Crippen LogP contribution in [0.15, 0.2) is 29.2 Å². The lowest BCUT2D eigenvalue weighted by molar-refractivity contribution is 0.193. The van der Waals surface area contributed by atoms with Crippen LogP contribution < -0.4 is 9.46 Å². The summed E-state index contributed by atoms with van der Waals surface area (Å²) in [5, 5.41) is 0. The van der Waals surface area contributed by atoms with Crippen LogP contribution in [0.25, 0.3) is 0 Å². The summed E-state index contributed by atoms with van der Waals surface area (Å²) < 4.78 is 32.6. The second-order valence-electron chi connectivity index (χ2n) is 6.08. The molecule has 1 N–H and O–H groups in total. The molecule has 1 atom stereocenters. The van der Waals surface area contributed by atoms with Gasteiger partial charge in [-0.15, -0.1) is 0 Å². The van der Waals surface area contributed by atoms with Crippen LogP contribution in [0.3, 0.4) is 0 Å². The Kier molecular flexibility index (Phi) is 5.83. The molecule has 6 heteroatoms. The molecule has 0 radical (unpaired) electrons. The molecule has 1 aromatic carbocycles. The van der Waals surface area contributed by atoms with Gasteiger partial charge in [-0.2, -0.15) is 0 Å². The minimum absolute atomic E-state index is 0.246. The van der Waals surface area contributed by atoms with Gasteiger partial charge in [0.15, 0.2) is 0 Å². The minimum atomic E-state index is -3.48. The Hall–Kier alpha value is -1.11. The number of methoxy groups -OCH3 is 1. The number of sulfonamides is 1. The smallest absolute Gasteiger partial charge is 0.240 e. The first-order valence-electron chi connectivity index (χ1n) is 7.82. The number of nitrogens with one attached hydrogen (secondary N) is 1. The number of hydrogen-bond donors (Lipinski definition) is 1. The highest BCUT2D eigenvalue weighted by Crippen LogP contribution is 2.19. The molecule has 0 aliphatic carbocycles. The monoisotopic (exact) mass is 326 g/mol. The van der Waals surface area contributed by atoms with Gasteiger partial charge in [-0.3, -0.25) is 4.90 Å². The topological polar surface area (TPSA) is 58.6 Å². The van der Waals surface area contributed by atoms with Crippen LogP contribution in [-0.4, -0.2) is 46.1 Å². The molecular weight excluding hydrogens is 300 g/mol. The molecule has 1 fully saturated rings. The predicted octanol–water partition coefficient (Wildman–Crippen LogP) is 2.09. The fourth-order valence-electron chi connectivity index (χ4n) is 2.89. The summed E-state index contributed by atoms with van der Waals surface area (Å²) in [5.41, 5.74) is 0. The summed E-state index contributed by atoms with van der Waals surface area (Å²) in [7, 11) is -1.92. The van der Waals surface area contributed by atoms with E-state index in [4.69, 9.17) is 4.74 Å². The Balaban J connectivity index is 2.03. The van der Waals surface area contributed by atoms with Crippen molar-refractivity contribution in [3.05, 3.63) is 24.3 Å². The van der Waals surface area contributed by atoms with E-state index in [9.17, 15) is 8.42 Å². The molecule has 0 aromatic heterocycles. The average molecular weight is 326 g/mol. The molecule has 0 bridgehead atoms. The van der Waals surface area contributed by atoms with E-state index in [1.807, 2.05) is 0 Å². The third kappa shape index (κ3) is 4.21. The van der Waals surface area contributed by atoms with Gasteiger partial charge in [0.25, 0.3) is 0 Å². The molecule has 0 spiro atoms. The van der Waals surface area contributed by atoms with Crippen molar-refractivity contribution >= 4 is 10.0 Å². The predicted molar refractivity (Wildman–Crippen MR) is 87.6 cm³/mol. The maximum atomic E-state index is 12.4. The second-order valence-corrected chi connectivity index (χ2v) is 7.85. The van der Waals surface area contributed by atoms with Crippen LogP contribution in [0.2, 0.25) is 0 Å². The standard InChI is InChI=1S/C16H26N2O3S/c1-13(2)16(18-10-4-5-11-18)12-17-22(19,20)15-8-6-14(21-3)7-9-15/h6-9,13,16-17H,4-5,10-12H2,1-3H3/t16-/m1/s1. The van der Waals surface area contributed by atoms with Crippen molar-refractivity contribution in [1.29, 1.82) is 0 Å². The minimum Gasteiger partial charge on any atom is -0.497 e. The van der Waals surface area contributed by atoms with Crippen LogP contribution in [0.1, 0.15) is 26.7 Å². The van der Waals surface area contributed by atoms with Crippen molar-refractivity contribution in [2.24, 2.45) is 5.92 Å². The highest BCUT2D eigenvalue weighted by Gasteiger charge is 2.26. The normalized spacial score (nSPS) is 17.8. The summed E-state index contributed by atoms with van der Waals surface area (Å²) in [6.07, 6.45) is 2.41. The van der Waals surface area contributed by atoms with Gasteiger partial charge in [0.1, 0.15) is 5.75 Å². The van der Waals surface area contributed by atoms with E-state index in [2.05, 4.69) is 23.5 Å². The van der Waals surface area contributed by atoms with Gasteiger partial charge >= 0.3 is 0 Å². The number of benzene rings is 1. The second kappa shape index (κ2) is 7.44. The highest BCUT2D eigenvalue weighted by atomic mass is 32.2. The van der Waals surface area contributed by atoms with Gasteiger partial charge in [-0.1, -0.05) is 13.8 Å². The molecule has 2 rings (SSSR count). The molecule has 1 aliphatic heterocycles. The van der Waals surface area contributed by atoms with Crippen LogP contribution in [0.5, 0.6) is 5.75 Å². The third-order valence-corrected chi connectivity index (χ3v) is 5.67. The van der Waals surface area contributed by atoms with Gasteiger partial charge in [-0.05, 0) is 56.1 Å². The molecule has 0 saturated carbocycles. The van der Waals surface area contributed by atoms with E-state index in [1.165, 1.54) is 12.8 Å². The van der Waals surface area contributed by atoms with Crippen LogP contribution in [-0.2, 0) is 10.0 Å². The van der Waals surface area contributed by atoms with E-state index in [-0.39, 0.29) is 10.9 Å². The molecule has 1 saturated heterocycles. The summed E-state index contributed by atoms with van der Waals surface area (Å²) in [5.74, 6) is 1.06. The molecule has 124 valence electrons. The fourth-order valence-corrected chi connectivity index (χ4v) is 3.94. The van der Waals surface area contributed by atoms with E-state index in [0.29, 0.717) is 18.2 Å². The zero-order valence-corrected chi connectivity index (χ0v) is 14.4. The van der Waals surface area contributed by atoms with E-state index in [0.717, 1.165) is 13.1 Å². The molecule has 1 heterocycles. The maximum absolute atomic E-state index is 12.4. The molecule has 0 unspecified atom stereocenters. The quantitative estimate of drug-likeness (QED) is 0.833. The van der Waals surface area contributed by atoms with E-state index >= 15 is 0 Å². The number of ether oxygens (including phenoxy) is 1. The zero-order chi connectivity index (χ0) is 16.2. The number of rotatable bonds is 7. The molecule has 0 amide bonds. The number of hydrogen-bond acceptors (Lipinski definition) is 4. The molecule has 1 aliphatic rings. The summed E-state index contributed by atoms with van der Waals surface area (Å²) in [6, 6.07) is 6.71. The molecule has 1 aromatic rings. The van der Waals surface area contributed by atoms with Gasteiger partial charge in [0, 0.05) is 12.6 Å². The number of likely N-dealkylation sites (tertiary alicyclic amines) is 1. The first kappa shape index (κ1) is 17.2. The average Bonchev–Trinajstić information content (AvgIpc) is 3.01. The lowest BCUT2D eigenvalue weighted by atomic mass is 10.0. The fraction of sp³-hybridized carbons (Fsp3) is 0.625. The third-order valence-electron chi connectivity index (χ3n) is 4.23. The van der Waals surface area contributed by atoms with Gasteiger partial charge in [0.05, 0.1) is 12.0 Å². The summed E-state index contributed by atoms with van der Waals surface area (Å²) in [6.45, 7) is 6.86. The van der Waals surface area contributed by atoms with Crippen molar-refractivity contribution in [3.8, 4) is 5.75 Å². The van der Waals surface area contributed by atoms with Crippen LogP contribution in [0.4, 0.5) is 0 Å². The van der Waals surface area contributed by atoms with Crippen molar-refractivity contribution in [2.75, 3.05) is 26.7 Å². The number of nitrogens with zero attached hydrogens (tertiary/aromatic N) is 1. The Morgan fingerprint density at radius 3 is 2.27 bits per heavy atom. The van der Waals surface area contributed by atoms with Crippen LogP contribution in [0, 0.1) is 5.92 Å². The van der Waals surface area contributed by atoms with E-state index < -0.39 is 10.0 Å². The van der Waals surface area contributed by atoms with Gasteiger partial charge < -0.3 is 4.74 Å². The first-order valence-corrected chi connectivity index (χ1v) is 9.30. The Morgan fingerprint density at radius 2 is 1.77 bits per heavy atom.